The molecule has 1 aliphatic rings. The number of benzene rings is 3. The molecule has 2 N–H and O–H groups in total. The zero-order chi connectivity index (χ0) is 26.4. The van der Waals surface area contributed by atoms with Gasteiger partial charge in [-0.15, -0.1) is 0 Å². The van der Waals surface area contributed by atoms with Gasteiger partial charge in [0.1, 0.15) is 11.8 Å². The average molecular weight is 581 g/mol. The van der Waals surface area contributed by atoms with E-state index >= 15 is 0 Å². The Morgan fingerprint density at radius 2 is 1.68 bits per heavy atom. The maximum absolute atomic E-state index is 13.5. The zero-order valence-electron chi connectivity index (χ0n) is 20.0. The number of thiocarbonyl (C=S) groups is 1. The van der Waals surface area contributed by atoms with Crippen LogP contribution in [0.1, 0.15) is 30.1 Å². The number of hydrazine groups is 1. The third-order valence-electron chi connectivity index (χ3n) is 5.55. The third kappa shape index (κ3) is 6.33. The molecule has 3 aromatic carbocycles. The lowest BCUT2D eigenvalue weighted by Crippen LogP contribution is -2.49. The Labute approximate surface area is 228 Å². The highest BCUT2D eigenvalue weighted by Crippen LogP contribution is 2.26. The van der Waals surface area contributed by atoms with Crippen molar-refractivity contribution in [2.45, 2.75) is 25.8 Å². The van der Waals surface area contributed by atoms with E-state index in [0.717, 1.165) is 10.9 Å². The molecule has 1 aliphatic heterocycles. The van der Waals surface area contributed by atoms with Crippen molar-refractivity contribution in [3.8, 4) is 5.75 Å². The fraction of sp³-hybridized carbons (Fsp3) is 0.185. The normalized spacial score (nSPS) is 15.0. The number of anilines is 2. The largest absolute Gasteiger partial charge is 0.494 e. The Kier molecular flexibility index (Phi) is 8.52. The first kappa shape index (κ1) is 26.3. The van der Waals surface area contributed by atoms with Crippen LogP contribution in [-0.2, 0) is 9.59 Å². The van der Waals surface area contributed by atoms with Crippen molar-refractivity contribution in [3.63, 3.8) is 0 Å². The van der Waals surface area contributed by atoms with Crippen LogP contribution in [-0.4, -0.2) is 40.5 Å². The molecule has 0 saturated carbocycles. The van der Waals surface area contributed by atoms with Gasteiger partial charge in [0.05, 0.1) is 18.7 Å². The minimum Gasteiger partial charge on any atom is -0.494 e. The molecule has 3 aromatic rings. The quantitative estimate of drug-likeness (QED) is 0.349. The van der Waals surface area contributed by atoms with E-state index in [1.165, 1.54) is 9.91 Å². The van der Waals surface area contributed by atoms with Gasteiger partial charge in [-0.2, -0.15) is 0 Å². The topological polar surface area (TPSA) is 91.0 Å². The molecule has 1 atom stereocenters. The Morgan fingerprint density at radius 1 is 1.00 bits per heavy atom. The second-order valence-electron chi connectivity index (χ2n) is 8.25. The molecule has 1 heterocycles. The van der Waals surface area contributed by atoms with Crippen molar-refractivity contribution < 1.29 is 19.1 Å². The molecule has 0 aliphatic carbocycles. The number of rotatable bonds is 9. The molecular weight excluding hydrogens is 556 g/mol. The summed E-state index contributed by atoms with van der Waals surface area (Å²) in [5.41, 5.74) is 4.21. The molecule has 0 radical (unpaired) electrons. The van der Waals surface area contributed by atoms with Crippen molar-refractivity contribution >= 4 is 62.4 Å². The number of carbonyl (C=O) groups excluding carboxylic acids is 3. The highest BCUT2D eigenvalue weighted by molar-refractivity contribution is 9.10. The van der Waals surface area contributed by atoms with Crippen LogP contribution in [0.15, 0.2) is 83.3 Å². The van der Waals surface area contributed by atoms with E-state index in [9.17, 15) is 14.4 Å². The van der Waals surface area contributed by atoms with Crippen molar-refractivity contribution in [3.05, 3.63) is 88.9 Å². The van der Waals surface area contributed by atoms with Crippen LogP contribution in [0.4, 0.5) is 11.4 Å². The number of amides is 3. The van der Waals surface area contributed by atoms with Gasteiger partial charge in [0.15, 0.2) is 0 Å². The fourth-order valence-electron chi connectivity index (χ4n) is 3.73. The van der Waals surface area contributed by atoms with Crippen LogP contribution in [0.25, 0.3) is 0 Å². The lowest BCUT2D eigenvalue weighted by Gasteiger charge is -2.24. The number of nitrogens with zero attached hydrogens (tertiary/aromatic N) is 2. The summed E-state index contributed by atoms with van der Waals surface area (Å²) in [5.74, 6) is -0.561. The molecule has 0 bridgehead atoms. The Morgan fingerprint density at radius 3 is 2.32 bits per heavy atom. The summed E-state index contributed by atoms with van der Waals surface area (Å²) in [6.07, 6.45) is 0.668. The molecule has 1 fully saturated rings. The van der Waals surface area contributed by atoms with E-state index < -0.39 is 23.8 Å². The Bertz CT molecular complexity index is 1290. The van der Waals surface area contributed by atoms with Crippen LogP contribution in [0.2, 0.25) is 0 Å². The second kappa shape index (κ2) is 12.0. The summed E-state index contributed by atoms with van der Waals surface area (Å²) < 4.78 is 6.39. The molecule has 0 spiro atoms. The number of carbonyl (C=O) groups is 3. The monoisotopic (exact) mass is 580 g/mol. The molecule has 0 aromatic heterocycles. The average Bonchev–Trinajstić information content (AvgIpc) is 3.12. The first-order chi connectivity index (χ1) is 17.9. The predicted octanol–water partition coefficient (Wildman–Crippen LogP) is 4.91. The molecule has 4 rings (SSSR count). The van der Waals surface area contributed by atoms with E-state index in [2.05, 4.69) is 26.7 Å². The number of halogens is 1. The Balaban J connectivity index is 1.52. The second-order valence-corrected chi connectivity index (χ2v) is 9.53. The molecule has 37 heavy (non-hydrogen) atoms. The number of ether oxygens (including phenoxy) is 1. The van der Waals surface area contributed by atoms with E-state index in [1.54, 1.807) is 72.8 Å². The molecule has 1 unspecified atom stereocenters. The predicted molar refractivity (Wildman–Crippen MR) is 149 cm³/mol. The van der Waals surface area contributed by atoms with Crippen molar-refractivity contribution in [2.75, 3.05) is 16.8 Å². The first-order valence-corrected chi connectivity index (χ1v) is 12.9. The summed E-state index contributed by atoms with van der Waals surface area (Å²) in [7, 11) is 0. The maximum Gasteiger partial charge on any atom is 0.269 e. The van der Waals surface area contributed by atoms with Gasteiger partial charge >= 0.3 is 0 Å². The number of hydrogen-bond donors (Lipinski definition) is 2. The molecule has 1 saturated heterocycles. The first-order valence-electron chi connectivity index (χ1n) is 11.7. The number of para-hydroxylation sites is 1. The SMILES string of the molecule is CCCOc1ccc(NC(=O)CC2C(=O)N(c3ccccc3)C(=S)N2NC(=O)c2ccc(Br)cc2)cc1. The maximum atomic E-state index is 13.5. The van der Waals surface area contributed by atoms with E-state index in [-0.39, 0.29) is 11.5 Å². The van der Waals surface area contributed by atoms with E-state index in [1.807, 2.05) is 13.0 Å². The van der Waals surface area contributed by atoms with Gasteiger partial charge in [0, 0.05) is 15.7 Å². The van der Waals surface area contributed by atoms with Gasteiger partial charge in [0.2, 0.25) is 11.0 Å². The summed E-state index contributed by atoms with van der Waals surface area (Å²) in [5, 5.41) is 4.17. The third-order valence-corrected chi connectivity index (χ3v) is 6.45. The molecule has 8 nitrogen and oxygen atoms in total. The Hall–Kier alpha value is -3.76. The van der Waals surface area contributed by atoms with Gasteiger partial charge in [-0.25, -0.2) is 5.01 Å². The molecule has 190 valence electrons. The van der Waals surface area contributed by atoms with Crippen LogP contribution in [0.5, 0.6) is 5.75 Å². The van der Waals surface area contributed by atoms with Crippen LogP contribution >= 0.6 is 28.1 Å². The van der Waals surface area contributed by atoms with Crippen LogP contribution in [0, 0.1) is 0 Å². The summed E-state index contributed by atoms with van der Waals surface area (Å²) in [6, 6.07) is 21.6. The summed E-state index contributed by atoms with van der Waals surface area (Å²) in [4.78, 5) is 40.7. The van der Waals surface area contributed by atoms with Crippen molar-refractivity contribution in [2.24, 2.45) is 0 Å². The lowest BCUT2D eigenvalue weighted by atomic mass is 10.1. The zero-order valence-corrected chi connectivity index (χ0v) is 22.4. The smallest absolute Gasteiger partial charge is 0.269 e. The molecule has 10 heteroatoms. The van der Waals surface area contributed by atoms with Gasteiger partial charge in [0.25, 0.3) is 11.8 Å². The van der Waals surface area contributed by atoms with E-state index in [0.29, 0.717) is 29.3 Å². The van der Waals surface area contributed by atoms with Crippen LogP contribution < -0.4 is 20.4 Å². The van der Waals surface area contributed by atoms with Gasteiger partial charge < -0.3 is 10.1 Å². The van der Waals surface area contributed by atoms with Gasteiger partial charge in [-0.3, -0.25) is 24.7 Å². The van der Waals surface area contributed by atoms with E-state index in [4.69, 9.17) is 17.0 Å². The number of hydrogen-bond acceptors (Lipinski definition) is 5. The molecule has 3 amide bonds. The van der Waals surface area contributed by atoms with Crippen LogP contribution in [0.3, 0.4) is 0 Å². The highest BCUT2D eigenvalue weighted by atomic mass is 79.9. The molecular formula is C27H25BrN4O4S. The fourth-order valence-corrected chi connectivity index (χ4v) is 4.36. The van der Waals surface area contributed by atoms with Crippen molar-refractivity contribution in [1.82, 2.24) is 10.4 Å². The van der Waals surface area contributed by atoms with Gasteiger partial charge in [-0.05, 0) is 79.3 Å². The van der Waals surface area contributed by atoms with Gasteiger partial charge in [-0.1, -0.05) is 41.1 Å². The summed E-state index contributed by atoms with van der Waals surface area (Å²) in [6.45, 7) is 2.63. The van der Waals surface area contributed by atoms with Crippen molar-refractivity contribution in [1.29, 1.82) is 0 Å². The highest BCUT2D eigenvalue weighted by Gasteiger charge is 2.45. The standard InChI is InChI=1S/C27H25BrN4O4S/c1-2-16-36-22-14-12-20(13-15-22)29-24(33)17-23-26(35)31(21-6-4-3-5-7-21)27(37)32(23)30-25(34)18-8-10-19(28)11-9-18/h3-15,23H,2,16-17H2,1H3,(H,29,33)(H,30,34). The number of nitrogens with one attached hydrogen (secondary N) is 2. The lowest BCUT2D eigenvalue weighted by molar-refractivity contribution is -0.124. The minimum absolute atomic E-state index is 0.0805. The minimum atomic E-state index is -1.03. The summed E-state index contributed by atoms with van der Waals surface area (Å²) >= 11 is 8.93.